The predicted octanol–water partition coefficient (Wildman–Crippen LogP) is 0.807. The van der Waals surface area contributed by atoms with Crippen molar-refractivity contribution in [2.24, 2.45) is 0 Å². The van der Waals surface area contributed by atoms with Crippen LogP contribution in [0.5, 0.6) is 0 Å². The summed E-state index contributed by atoms with van der Waals surface area (Å²) >= 11 is 1.31. The van der Waals surface area contributed by atoms with Gasteiger partial charge in [0.15, 0.2) is 5.16 Å². The molecule has 0 unspecified atom stereocenters. The first-order chi connectivity index (χ1) is 10.9. The minimum atomic E-state index is -1.07. The Morgan fingerprint density at radius 2 is 1.91 bits per heavy atom. The fourth-order valence-electron chi connectivity index (χ4n) is 1.48. The lowest BCUT2D eigenvalue weighted by Gasteiger charge is -2.11. The lowest BCUT2D eigenvalue weighted by molar-refractivity contribution is -0.137. The van der Waals surface area contributed by atoms with Crippen molar-refractivity contribution in [1.82, 2.24) is 20.3 Å². The number of amides is 1. The molecule has 0 aliphatic heterocycles. The number of anilines is 2. The number of carbonyl (C=O) groups is 2. The third-order valence-corrected chi connectivity index (χ3v) is 3.21. The van der Waals surface area contributed by atoms with Gasteiger partial charge in [0, 0.05) is 24.8 Å². The van der Waals surface area contributed by atoms with Gasteiger partial charge in [-0.15, -0.1) is 0 Å². The van der Waals surface area contributed by atoms with Crippen LogP contribution in [0, 0.1) is 0 Å². The number of hydrogen-bond donors (Lipinski definition) is 4. The molecule has 128 valence electrons. The highest BCUT2D eigenvalue weighted by molar-refractivity contribution is 7.99. The first-order valence-electron chi connectivity index (χ1n) is 7.28. The van der Waals surface area contributed by atoms with Crippen molar-refractivity contribution in [3.63, 3.8) is 0 Å². The van der Waals surface area contributed by atoms with Crippen LogP contribution in [-0.2, 0) is 9.59 Å². The summed E-state index contributed by atoms with van der Waals surface area (Å²) in [6, 6.07) is 0.187. The Morgan fingerprint density at radius 3 is 2.52 bits per heavy atom. The number of aliphatic carboxylic acids is 1. The zero-order chi connectivity index (χ0) is 17.2. The highest BCUT2D eigenvalue weighted by Crippen LogP contribution is 2.17. The van der Waals surface area contributed by atoms with Gasteiger partial charge in [0.2, 0.25) is 17.8 Å². The third kappa shape index (κ3) is 8.19. The van der Waals surface area contributed by atoms with E-state index in [9.17, 15) is 9.59 Å². The molecule has 0 bridgehead atoms. The number of thioether (sulfide) groups is 1. The van der Waals surface area contributed by atoms with Gasteiger partial charge in [0.1, 0.15) is 6.54 Å². The molecule has 4 N–H and O–H groups in total. The number of carbonyl (C=O) groups excluding carboxylic acids is 1. The summed E-state index contributed by atoms with van der Waals surface area (Å²) in [6.45, 7) is 6.22. The largest absolute Gasteiger partial charge is 0.480 e. The highest BCUT2D eigenvalue weighted by Gasteiger charge is 2.09. The van der Waals surface area contributed by atoms with Crippen LogP contribution in [0.1, 0.15) is 27.2 Å². The van der Waals surface area contributed by atoms with Crippen molar-refractivity contribution in [2.75, 3.05) is 29.5 Å². The minimum Gasteiger partial charge on any atom is -0.480 e. The fourth-order valence-corrected chi connectivity index (χ4v) is 2.25. The van der Waals surface area contributed by atoms with Gasteiger partial charge < -0.3 is 21.1 Å². The van der Waals surface area contributed by atoms with Crippen molar-refractivity contribution in [3.8, 4) is 0 Å². The van der Waals surface area contributed by atoms with Crippen LogP contribution in [0.2, 0.25) is 0 Å². The SMILES string of the molecule is CCNc1nc(NC(C)C)nc(SCCC(=O)NCC(=O)O)n1. The van der Waals surface area contributed by atoms with E-state index in [1.54, 1.807) is 0 Å². The molecule has 10 heteroatoms. The maximum Gasteiger partial charge on any atom is 0.322 e. The summed E-state index contributed by atoms with van der Waals surface area (Å²) in [7, 11) is 0. The fraction of sp³-hybridized carbons (Fsp3) is 0.615. The summed E-state index contributed by atoms with van der Waals surface area (Å²) in [5.41, 5.74) is 0. The molecule has 0 fully saturated rings. The number of carboxylic acid groups (broad SMARTS) is 1. The Kier molecular flexibility index (Phi) is 8.09. The molecule has 1 rings (SSSR count). The third-order valence-electron chi connectivity index (χ3n) is 2.36. The van der Waals surface area contributed by atoms with Crippen molar-refractivity contribution < 1.29 is 14.7 Å². The number of rotatable bonds is 10. The van der Waals surface area contributed by atoms with E-state index in [1.807, 2.05) is 20.8 Å². The monoisotopic (exact) mass is 342 g/mol. The number of carboxylic acids is 1. The molecule has 0 aliphatic rings. The Hall–Kier alpha value is -2.10. The molecule has 1 heterocycles. The lowest BCUT2D eigenvalue weighted by atomic mass is 10.4. The lowest BCUT2D eigenvalue weighted by Crippen LogP contribution is -2.29. The van der Waals surface area contributed by atoms with Crippen LogP contribution < -0.4 is 16.0 Å². The van der Waals surface area contributed by atoms with E-state index in [0.29, 0.717) is 29.4 Å². The average molecular weight is 342 g/mol. The number of nitrogens with zero attached hydrogens (tertiary/aromatic N) is 3. The van der Waals surface area contributed by atoms with E-state index in [2.05, 4.69) is 30.9 Å². The Balaban J connectivity index is 2.58. The van der Waals surface area contributed by atoms with Gasteiger partial charge in [0.05, 0.1) is 0 Å². The molecule has 0 spiro atoms. The second kappa shape index (κ2) is 9.82. The Morgan fingerprint density at radius 1 is 1.22 bits per heavy atom. The van der Waals surface area contributed by atoms with Crippen LogP contribution in [-0.4, -0.2) is 56.8 Å². The van der Waals surface area contributed by atoms with E-state index < -0.39 is 5.97 Å². The van der Waals surface area contributed by atoms with E-state index in [0.717, 1.165) is 0 Å². The second-order valence-corrected chi connectivity index (χ2v) is 5.93. The molecule has 0 radical (unpaired) electrons. The molecule has 0 saturated heterocycles. The first kappa shape index (κ1) is 18.9. The summed E-state index contributed by atoms with van der Waals surface area (Å²) in [5, 5.41) is 17.5. The molecule has 1 aromatic heterocycles. The van der Waals surface area contributed by atoms with Gasteiger partial charge in [-0.25, -0.2) is 0 Å². The van der Waals surface area contributed by atoms with Gasteiger partial charge in [0.25, 0.3) is 0 Å². The molecule has 1 aromatic rings. The highest BCUT2D eigenvalue weighted by atomic mass is 32.2. The van der Waals surface area contributed by atoms with Gasteiger partial charge in [-0.3, -0.25) is 9.59 Å². The summed E-state index contributed by atoms with van der Waals surface area (Å²) in [5.74, 6) is 0.0131. The van der Waals surface area contributed by atoms with Crippen molar-refractivity contribution in [2.45, 2.75) is 38.4 Å². The molecule has 9 nitrogen and oxygen atoms in total. The molecule has 0 aromatic carbocycles. The second-order valence-electron chi connectivity index (χ2n) is 4.86. The standard InChI is InChI=1S/C13H22N6O3S/c1-4-14-11-17-12(16-8(2)3)19-13(18-11)23-6-5-9(20)15-7-10(21)22/h8H,4-7H2,1-3H3,(H,15,20)(H,21,22)(H2,14,16,17,18,19). The number of nitrogens with one attached hydrogen (secondary N) is 3. The molecule has 0 atom stereocenters. The molecular weight excluding hydrogens is 320 g/mol. The van der Waals surface area contributed by atoms with Crippen LogP contribution in [0.3, 0.4) is 0 Å². The molecular formula is C13H22N6O3S. The smallest absolute Gasteiger partial charge is 0.322 e. The summed E-state index contributed by atoms with van der Waals surface area (Å²) in [6.07, 6.45) is 0.188. The van der Waals surface area contributed by atoms with E-state index in [-0.39, 0.29) is 24.9 Å². The van der Waals surface area contributed by atoms with Crippen LogP contribution >= 0.6 is 11.8 Å². The van der Waals surface area contributed by atoms with E-state index in [1.165, 1.54) is 11.8 Å². The molecule has 0 aliphatic carbocycles. The quantitative estimate of drug-likeness (QED) is 0.456. The van der Waals surface area contributed by atoms with Crippen LogP contribution in [0.4, 0.5) is 11.9 Å². The minimum absolute atomic E-state index is 0.187. The van der Waals surface area contributed by atoms with Crippen LogP contribution in [0.15, 0.2) is 5.16 Å². The van der Waals surface area contributed by atoms with Crippen LogP contribution in [0.25, 0.3) is 0 Å². The van der Waals surface area contributed by atoms with Crippen molar-refractivity contribution >= 4 is 35.5 Å². The van der Waals surface area contributed by atoms with E-state index >= 15 is 0 Å². The summed E-state index contributed by atoms with van der Waals surface area (Å²) in [4.78, 5) is 34.6. The van der Waals surface area contributed by atoms with E-state index in [4.69, 9.17) is 5.11 Å². The number of hydrogen-bond acceptors (Lipinski definition) is 8. The van der Waals surface area contributed by atoms with Crippen molar-refractivity contribution in [3.05, 3.63) is 0 Å². The first-order valence-corrected chi connectivity index (χ1v) is 8.27. The van der Waals surface area contributed by atoms with Gasteiger partial charge in [-0.1, -0.05) is 11.8 Å². The van der Waals surface area contributed by atoms with Gasteiger partial charge in [-0.05, 0) is 20.8 Å². The Bertz CT molecular complexity index is 540. The predicted molar refractivity (Wildman–Crippen MR) is 88.7 cm³/mol. The van der Waals surface area contributed by atoms with Crippen molar-refractivity contribution in [1.29, 1.82) is 0 Å². The Labute approximate surface area is 139 Å². The molecule has 23 heavy (non-hydrogen) atoms. The molecule has 1 amide bonds. The normalized spacial score (nSPS) is 10.4. The zero-order valence-corrected chi connectivity index (χ0v) is 14.2. The average Bonchev–Trinajstić information content (AvgIpc) is 2.44. The van der Waals surface area contributed by atoms with Gasteiger partial charge in [-0.2, -0.15) is 15.0 Å². The van der Waals surface area contributed by atoms with Gasteiger partial charge >= 0.3 is 5.97 Å². The maximum absolute atomic E-state index is 11.5. The summed E-state index contributed by atoms with van der Waals surface area (Å²) < 4.78 is 0. The zero-order valence-electron chi connectivity index (χ0n) is 13.4. The maximum atomic E-state index is 11.5. The topological polar surface area (TPSA) is 129 Å². The molecule has 0 saturated carbocycles. The number of aromatic nitrogens is 3.